The summed E-state index contributed by atoms with van der Waals surface area (Å²) in [7, 11) is 0. The minimum atomic E-state index is -1.21. The van der Waals surface area contributed by atoms with Crippen LogP contribution in [0.15, 0.2) is 4.99 Å². The van der Waals surface area contributed by atoms with E-state index in [0.29, 0.717) is 12.8 Å². The van der Waals surface area contributed by atoms with Crippen LogP contribution >= 0.6 is 0 Å². The first-order chi connectivity index (χ1) is 14.8. The lowest BCUT2D eigenvalue weighted by atomic mass is 9.99. The number of aliphatic carboxylic acids is 1. The van der Waals surface area contributed by atoms with Crippen LogP contribution in [0.5, 0.6) is 0 Å². The fraction of sp³-hybridized carbons (Fsp3) is 0.750. The van der Waals surface area contributed by atoms with Gasteiger partial charge in [-0.3, -0.25) is 19.4 Å². The molecule has 5 atom stereocenters. The maximum absolute atomic E-state index is 12.7. The summed E-state index contributed by atoms with van der Waals surface area (Å²) >= 11 is 0. The van der Waals surface area contributed by atoms with E-state index >= 15 is 0 Å². The molecule has 0 saturated heterocycles. The summed E-state index contributed by atoms with van der Waals surface area (Å²) in [6.07, 6.45) is 1.16. The molecule has 0 spiro atoms. The molecule has 0 aromatic heterocycles. The third-order valence-corrected chi connectivity index (χ3v) is 5.12. The van der Waals surface area contributed by atoms with Gasteiger partial charge in [0.05, 0.1) is 6.04 Å². The van der Waals surface area contributed by atoms with Gasteiger partial charge in [0.2, 0.25) is 17.7 Å². The van der Waals surface area contributed by atoms with Gasteiger partial charge in [0, 0.05) is 6.54 Å². The van der Waals surface area contributed by atoms with Crippen LogP contribution in [0.25, 0.3) is 0 Å². The van der Waals surface area contributed by atoms with Crippen molar-refractivity contribution in [3.63, 3.8) is 0 Å². The molecule has 0 aliphatic rings. The van der Waals surface area contributed by atoms with E-state index in [-0.39, 0.29) is 30.8 Å². The van der Waals surface area contributed by atoms with Gasteiger partial charge in [-0.25, -0.2) is 4.79 Å². The largest absolute Gasteiger partial charge is 0.480 e. The Morgan fingerprint density at radius 1 is 0.938 bits per heavy atom. The summed E-state index contributed by atoms with van der Waals surface area (Å²) in [6.45, 7) is 8.87. The summed E-state index contributed by atoms with van der Waals surface area (Å²) < 4.78 is 0. The Morgan fingerprint density at radius 2 is 1.53 bits per heavy atom. The van der Waals surface area contributed by atoms with E-state index in [1.165, 1.54) is 6.92 Å². The molecule has 0 aliphatic heterocycles. The maximum Gasteiger partial charge on any atom is 0.326 e. The van der Waals surface area contributed by atoms with E-state index in [2.05, 4.69) is 20.9 Å². The number of nitrogens with zero attached hydrogens (tertiary/aromatic N) is 1. The monoisotopic (exact) mass is 457 g/mol. The van der Waals surface area contributed by atoms with Crippen molar-refractivity contribution < 1.29 is 24.3 Å². The molecule has 10 N–H and O–H groups in total. The van der Waals surface area contributed by atoms with Gasteiger partial charge in [0.15, 0.2) is 5.96 Å². The number of carbonyl (C=O) groups excluding carboxylic acids is 3. The van der Waals surface area contributed by atoms with Gasteiger partial charge < -0.3 is 38.3 Å². The minimum absolute atomic E-state index is 0.0561. The molecular formula is C20H39N7O5. The number of hydrogen-bond acceptors (Lipinski definition) is 6. The third kappa shape index (κ3) is 10.4. The molecule has 0 bridgehead atoms. The van der Waals surface area contributed by atoms with Crippen molar-refractivity contribution >= 4 is 29.7 Å². The number of rotatable bonds is 14. The summed E-state index contributed by atoms with van der Waals surface area (Å²) in [4.78, 5) is 52.7. The molecule has 3 amide bonds. The molecule has 0 rings (SSSR count). The van der Waals surface area contributed by atoms with Crippen molar-refractivity contribution in [3.8, 4) is 0 Å². The predicted octanol–water partition coefficient (Wildman–Crippen LogP) is -1.37. The van der Waals surface area contributed by atoms with E-state index in [9.17, 15) is 24.3 Å². The second kappa shape index (κ2) is 14.2. The van der Waals surface area contributed by atoms with E-state index < -0.39 is 47.9 Å². The van der Waals surface area contributed by atoms with Crippen molar-refractivity contribution in [2.24, 2.45) is 34.0 Å². The lowest BCUT2D eigenvalue weighted by molar-refractivity contribution is -0.142. The molecular weight excluding hydrogens is 418 g/mol. The fourth-order valence-electron chi connectivity index (χ4n) is 2.72. The first-order valence-corrected chi connectivity index (χ1v) is 10.8. The van der Waals surface area contributed by atoms with E-state index in [0.717, 1.165) is 0 Å². The smallest absolute Gasteiger partial charge is 0.326 e. The highest BCUT2D eigenvalue weighted by molar-refractivity contribution is 5.94. The van der Waals surface area contributed by atoms with Crippen LogP contribution < -0.4 is 33.2 Å². The number of aliphatic imine (C=N–C) groups is 1. The van der Waals surface area contributed by atoms with Crippen LogP contribution in [-0.2, 0) is 19.2 Å². The zero-order valence-corrected chi connectivity index (χ0v) is 19.6. The van der Waals surface area contributed by atoms with Gasteiger partial charge in [0.1, 0.15) is 18.1 Å². The molecule has 0 heterocycles. The topological polar surface area (TPSA) is 215 Å². The van der Waals surface area contributed by atoms with Crippen molar-refractivity contribution in [1.29, 1.82) is 0 Å². The lowest BCUT2D eigenvalue weighted by Crippen LogP contribution is -2.58. The highest BCUT2D eigenvalue weighted by Gasteiger charge is 2.30. The molecule has 184 valence electrons. The highest BCUT2D eigenvalue weighted by Crippen LogP contribution is 2.07. The number of carboxylic acid groups (broad SMARTS) is 1. The van der Waals surface area contributed by atoms with Crippen molar-refractivity contribution in [3.05, 3.63) is 0 Å². The summed E-state index contributed by atoms with van der Waals surface area (Å²) in [5.41, 5.74) is 16.3. The summed E-state index contributed by atoms with van der Waals surface area (Å²) in [5.74, 6) is -3.38. The second-order valence-electron chi connectivity index (χ2n) is 8.22. The molecule has 0 aromatic rings. The van der Waals surface area contributed by atoms with Crippen molar-refractivity contribution in [2.45, 2.75) is 78.0 Å². The van der Waals surface area contributed by atoms with Crippen LogP contribution in [0.2, 0.25) is 0 Å². The summed E-state index contributed by atoms with van der Waals surface area (Å²) in [6, 6.07) is -3.85. The first-order valence-electron chi connectivity index (χ1n) is 10.8. The number of amides is 3. The molecule has 0 aliphatic carbocycles. The molecule has 12 nitrogen and oxygen atoms in total. The molecule has 5 unspecified atom stereocenters. The number of carbonyl (C=O) groups is 4. The quantitative estimate of drug-likeness (QED) is 0.0935. The Balaban J connectivity index is 5.03. The molecule has 0 radical (unpaired) electrons. The standard InChI is InChI=1S/C20H39N7O5/c1-6-11(4)14(21)17(29)25-12(5)16(28)27-15(10(2)3)18(30)26-13(19(31)32)8-7-9-24-20(22)23/h10-15H,6-9,21H2,1-5H3,(H,25,29)(H,26,30)(H,27,28)(H,31,32)(H4,22,23,24). The van der Waals surface area contributed by atoms with Gasteiger partial charge >= 0.3 is 5.97 Å². The van der Waals surface area contributed by atoms with Gasteiger partial charge in [-0.1, -0.05) is 34.1 Å². The van der Waals surface area contributed by atoms with Crippen LogP contribution in [0.3, 0.4) is 0 Å². The van der Waals surface area contributed by atoms with Crippen LogP contribution in [0.1, 0.15) is 53.9 Å². The van der Waals surface area contributed by atoms with E-state index in [4.69, 9.17) is 17.2 Å². The van der Waals surface area contributed by atoms with Gasteiger partial charge in [0.25, 0.3) is 0 Å². The minimum Gasteiger partial charge on any atom is -0.480 e. The Bertz CT molecular complexity index is 679. The van der Waals surface area contributed by atoms with Crippen molar-refractivity contribution in [1.82, 2.24) is 16.0 Å². The Kier molecular flexibility index (Phi) is 12.9. The summed E-state index contributed by atoms with van der Waals surface area (Å²) in [5, 5.41) is 17.0. The molecule has 12 heteroatoms. The first kappa shape index (κ1) is 29.1. The van der Waals surface area contributed by atoms with Crippen LogP contribution in [0, 0.1) is 11.8 Å². The normalized spacial score (nSPS) is 15.6. The zero-order valence-electron chi connectivity index (χ0n) is 19.6. The number of hydrogen-bond donors (Lipinski definition) is 7. The van der Waals surface area contributed by atoms with Gasteiger partial charge in [-0.15, -0.1) is 0 Å². The zero-order chi connectivity index (χ0) is 25.0. The third-order valence-electron chi connectivity index (χ3n) is 5.12. The molecule has 0 aromatic carbocycles. The average Bonchev–Trinajstić information content (AvgIpc) is 2.71. The fourth-order valence-corrected chi connectivity index (χ4v) is 2.72. The number of nitrogens with one attached hydrogen (secondary N) is 3. The Labute approximate surface area is 189 Å². The average molecular weight is 458 g/mol. The number of nitrogens with two attached hydrogens (primary N) is 3. The highest BCUT2D eigenvalue weighted by atomic mass is 16.4. The number of guanidine groups is 1. The Hall–Kier alpha value is -2.89. The van der Waals surface area contributed by atoms with Gasteiger partial charge in [-0.2, -0.15) is 0 Å². The predicted molar refractivity (Wildman–Crippen MR) is 121 cm³/mol. The van der Waals surface area contributed by atoms with Crippen LogP contribution in [0.4, 0.5) is 0 Å². The lowest BCUT2D eigenvalue weighted by Gasteiger charge is -2.26. The molecule has 0 fully saturated rings. The molecule has 0 saturated carbocycles. The second-order valence-corrected chi connectivity index (χ2v) is 8.22. The van der Waals surface area contributed by atoms with Gasteiger partial charge in [-0.05, 0) is 31.6 Å². The Morgan fingerprint density at radius 3 is 2.00 bits per heavy atom. The van der Waals surface area contributed by atoms with Crippen molar-refractivity contribution in [2.75, 3.05) is 6.54 Å². The van der Waals surface area contributed by atoms with E-state index in [1.807, 2.05) is 13.8 Å². The van der Waals surface area contributed by atoms with Crippen LogP contribution in [-0.4, -0.2) is 65.5 Å². The van der Waals surface area contributed by atoms with E-state index in [1.54, 1.807) is 13.8 Å². The number of carboxylic acids is 1. The SMILES string of the molecule is CCC(C)C(N)C(=O)NC(C)C(=O)NC(C(=O)NC(CCCN=C(N)N)C(=O)O)C(C)C. The molecule has 32 heavy (non-hydrogen) atoms. The maximum atomic E-state index is 12.7.